The maximum atomic E-state index is 12.7. The van der Waals surface area contributed by atoms with Crippen LogP contribution in [-0.4, -0.2) is 34.9 Å². The summed E-state index contributed by atoms with van der Waals surface area (Å²) in [5, 5.41) is 11.9. The molecule has 2 saturated carbocycles. The standard InChI is InChI=1S/C14H25N3O2/c1-9(2)12(13(15)16-19)14(18)17(7-10-3-4-10)8-11-5-6-11/h9-12,19H,3-8H2,1-2H3,(H2,15,16). The van der Waals surface area contributed by atoms with Gasteiger partial charge in [-0.2, -0.15) is 0 Å². The van der Waals surface area contributed by atoms with Crippen LogP contribution in [-0.2, 0) is 4.79 Å². The van der Waals surface area contributed by atoms with Crippen molar-refractivity contribution in [3.8, 4) is 0 Å². The topological polar surface area (TPSA) is 78.9 Å². The molecular weight excluding hydrogens is 242 g/mol. The van der Waals surface area contributed by atoms with Crippen LogP contribution in [0, 0.1) is 23.7 Å². The van der Waals surface area contributed by atoms with Crippen molar-refractivity contribution in [3.05, 3.63) is 0 Å². The normalized spacial score (nSPS) is 21.5. The summed E-state index contributed by atoms with van der Waals surface area (Å²) in [5.41, 5.74) is 5.70. The van der Waals surface area contributed by atoms with Crippen molar-refractivity contribution in [3.63, 3.8) is 0 Å². The van der Waals surface area contributed by atoms with Crippen LogP contribution in [0.1, 0.15) is 39.5 Å². The summed E-state index contributed by atoms with van der Waals surface area (Å²) in [6.07, 6.45) is 4.91. The molecule has 0 radical (unpaired) electrons. The lowest BCUT2D eigenvalue weighted by molar-refractivity contribution is -0.135. The Morgan fingerprint density at radius 1 is 1.26 bits per heavy atom. The molecule has 19 heavy (non-hydrogen) atoms. The molecule has 0 heterocycles. The fourth-order valence-corrected chi connectivity index (χ4v) is 2.49. The van der Waals surface area contributed by atoms with Crippen LogP contribution < -0.4 is 5.73 Å². The molecular formula is C14H25N3O2. The zero-order chi connectivity index (χ0) is 14.0. The Morgan fingerprint density at radius 3 is 2.05 bits per heavy atom. The average Bonchev–Trinajstić information content (AvgIpc) is 3.22. The maximum absolute atomic E-state index is 12.7. The first-order valence-corrected chi connectivity index (χ1v) is 7.29. The van der Waals surface area contributed by atoms with Gasteiger partial charge in [-0.05, 0) is 43.4 Å². The van der Waals surface area contributed by atoms with Gasteiger partial charge in [0.05, 0.1) is 0 Å². The Hall–Kier alpha value is -1.26. The fraction of sp³-hybridized carbons (Fsp3) is 0.857. The van der Waals surface area contributed by atoms with Crippen molar-refractivity contribution >= 4 is 11.7 Å². The summed E-state index contributed by atoms with van der Waals surface area (Å²) in [5.74, 6) is 0.957. The van der Waals surface area contributed by atoms with Crippen molar-refractivity contribution in [1.82, 2.24) is 4.90 Å². The molecule has 0 aromatic heterocycles. The monoisotopic (exact) mass is 267 g/mol. The van der Waals surface area contributed by atoms with Crippen LogP contribution in [0.4, 0.5) is 0 Å². The first kappa shape index (κ1) is 14.2. The lowest BCUT2D eigenvalue weighted by Crippen LogP contribution is -2.45. The van der Waals surface area contributed by atoms with Crippen LogP contribution >= 0.6 is 0 Å². The van der Waals surface area contributed by atoms with Crippen molar-refractivity contribution in [2.24, 2.45) is 34.6 Å². The SMILES string of the molecule is CC(C)C(C(=O)N(CC1CC1)CC1CC1)C(N)=NO. The minimum atomic E-state index is -0.498. The summed E-state index contributed by atoms with van der Waals surface area (Å²) < 4.78 is 0. The van der Waals surface area contributed by atoms with Gasteiger partial charge in [0.2, 0.25) is 5.91 Å². The summed E-state index contributed by atoms with van der Waals surface area (Å²) in [7, 11) is 0. The van der Waals surface area contributed by atoms with E-state index in [0.717, 1.165) is 13.1 Å². The van der Waals surface area contributed by atoms with Crippen molar-refractivity contribution in [2.75, 3.05) is 13.1 Å². The Morgan fingerprint density at radius 2 is 1.74 bits per heavy atom. The number of hydrogen-bond donors (Lipinski definition) is 2. The molecule has 0 aromatic carbocycles. The van der Waals surface area contributed by atoms with E-state index in [0.29, 0.717) is 11.8 Å². The summed E-state index contributed by atoms with van der Waals surface area (Å²) in [4.78, 5) is 14.6. The Bertz CT molecular complexity index is 346. The van der Waals surface area contributed by atoms with Crippen LogP contribution in [0.2, 0.25) is 0 Å². The van der Waals surface area contributed by atoms with Gasteiger partial charge in [-0.1, -0.05) is 19.0 Å². The number of oxime groups is 1. The second-order valence-corrected chi connectivity index (χ2v) is 6.38. The van der Waals surface area contributed by atoms with E-state index >= 15 is 0 Å². The van der Waals surface area contributed by atoms with E-state index in [2.05, 4.69) is 5.16 Å². The molecule has 5 heteroatoms. The number of carbonyl (C=O) groups is 1. The maximum Gasteiger partial charge on any atom is 0.233 e. The van der Waals surface area contributed by atoms with E-state index in [9.17, 15) is 4.79 Å². The highest BCUT2D eigenvalue weighted by molar-refractivity contribution is 6.02. The highest BCUT2D eigenvalue weighted by atomic mass is 16.4. The van der Waals surface area contributed by atoms with Crippen LogP contribution in [0.3, 0.4) is 0 Å². The second-order valence-electron chi connectivity index (χ2n) is 6.38. The molecule has 3 N–H and O–H groups in total. The van der Waals surface area contributed by atoms with Gasteiger partial charge in [-0.25, -0.2) is 0 Å². The second kappa shape index (κ2) is 5.80. The molecule has 108 valence electrons. The lowest BCUT2D eigenvalue weighted by atomic mass is 9.93. The average molecular weight is 267 g/mol. The molecule has 2 rings (SSSR count). The van der Waals surface area contributed by atoms with Crippen LogP contribution in [0.5, 0.6) is 0 Å². The Labute approximate surface area is 114 Å². The minimum absolute atomic E-state index is 0.0316. The third kappa shape index (κ3) is 3.85. The van der Waals surface area contributed by atoms with Crippen LogP contribution in [0.25, 0.3) is 0 Å². The number of nitrogens with zero attached hydrogens (tertiary/aromatic N) is 2. The van der Waals surface area contributed by atoms with Gasteiger partial charge in [0, 0.05) is 13.1 Å². The van der Waals surface area contributed by atoms with Gasteiger partial charge < -0.3 is 15.8 Å². The molecule has 0 spiro atoms. The number of carbonyl (C=O) groups excluding carboxylic acids is 1. The predicted octanol–water partition coefficient (Wildman–Crippen LogP) is 1.65. The summed E-state index contributed by atoms with van der Waals surface area (Å²) in [6.45, 7) is 5.56. The van der Waals surface area contributed by atoms with E-state index in [-0.39, 0.29) is 17.7 Å². The van der Waals surface area contributed by atoms with Crippen molar-refractivity contribution < 1.29 is 10.0 Å². The number of rotatable bonds is 7. The number of nitrogens with two attached hydrogens (primary N) is 1. The van der Waals surface area contributed by atoms with E-state index in [1.807, 2.05) is 18.7 Å². The van der Waals surface area contributed by atoms with Gasteiger partial charge >= 0.3 is 0 Å². The zero-order valence-corrected chi connectivity index (χ0v) is 11.9. The minimum Gasteiger partial charge on any atom is -0.409 e. The van der Waals surface area contributed by atoms with E-state index in [4.69, 9.17) is 10.9 Å². The Kier molecular flexibility index (Phi) is 4.32. The molecule has 0 saturated heterocycles. The molecule has 2 aliphatic carbocycles. The fourth-order valence-electron chi connectivity index (χ4n) is 2.49. The highest BCUT2D eigenvalue weighted by Crippen LogP contribution is 2.34. The summed E-state index contributed by atoms with van der Waals surface area (Å²) >= 11 is 0. The molecule has 5 nitrogen and oxygen atoms in total. The predicted molar refractivity (Wildman–Crippen MR) is 73.8 cm³/mol. The number of hydrogen-bond acceptors (Lipinski definition) is 3. The van der Waals surface area contributed by atoms with Crippen molar-refractivity contribution in [2.45, 2.75) is 39.5 Å². The lowest BCUT2D eigenvalue weighted by Gasteiger charge is -2.28. The van der Waals surface area contributed by atoms with Gasteiger partial charge in [0.25, 0.3) is 0 Å². The third-order valence-corrected chi connectivity index (χ3v) is 4.03. The molecule has 2 aliphatic rings. The summed E-state index contributed by atoms with van der Waals surface area (Å²) in [6, 6.07) is 0. The molecule has 0 aromatic rings. The van der Waals surface area contributed by atoms with Gasteiger partial charge in [-0.15, -0.1) is 0 Å². The first-order chi connectivity index (χ1) is 9.02. The molecule has 1 atom stereocenters. The van der Waals surface area contributed by atoms with Gasteiger partial charge in [-0.3, -0.25) is 4.79 Å². The van der Waals surface area contributed by atoms with E-state index in [1.54, 1.807) is 0 Å². The molecule has 1 amide bonds. The molecule has 1 unspecified atom stereocenters. The quantitative estimate of drug-likeness (QED) is 0.318. The number of amidine groups is 1. The molecule has 0 aliphatic heterocycles. The molecule has 0 bridgehead atoms. The van der Waals surface area contributed by atoms with Crippen LogP contribution in [0.15, 0.2) is 5.16 Å². The Balaban J connectivity index is 2.05. The first-order valence-electron chi connectivity index (χ1n) is 7.29. The van der Waals surface area contributed by atoms with E-state index in [1.165, 1.54) is 25.7 Å². The van der Waals surface area contributed by atoms with E-state index < -0.39 is 5.92 Å². The smallest absolute Gasteiger partial charge is 0.233 e. The van der Waals surface area contributed by atoms with Crippen molar-refractivity contribution in [1.29, 1.82) is 0 Å². The molecule has 2 fully saturated rings. The largest absolute Gasteiger partial charge is 0.409 e. The van der Waals surface area contributed by atoms with Gasteiger partial charge in [0.15, 0.2) is 5.84 Å². The van der Waals surface area contributed by atoms with Gasteiger partial charge in [0.1, 0.15) is 5.92 Å². The highest BCUT2D eigenvalue weighted by Gasteiger charge is 2.36. The zero-order valence-electron chi connectivity index (χ0n) is 11.9. The number of amides is 1. The third-order valence-electron chi connectivity index (χ3n) is 4.03.